The van der Waals surface area contributed by atoms with Gasteiger partial charge in [0, 0.05) is 11.6 Å². The summed E-state index contributed by atoms with van der Waals surface area (Å²) in [5, 5.41) is 11.9. The lowest BCUT2D eigenvalue weighted by molar-refractivity contribution is -0.136. The van der Waals surface area contributed by atoms with Gasteiger partial charge in [-0.05, 0) is 32.6 Å². The van der Waals surface area contributed by atoms with E-state index in [0.29, 0.717) is 17.0 Å². The summed E-state index contributed by atoms with van der Waals surface area (Å²) in [6.45, 7) is 3.79. The molecule has 1 amide bonds. The Labute approximate surface area is 124 Å². The highest BCUT2D eigenvalue weighted by molar-refractivity contribution is 5.97. The molecule has 21 heavy (non-hydrogen) atoms. The lowest BCUT2D eigenvalue weighted by Gasteiger charge is -2.28. The normalized spacial score (nSPS) is 17.4. The van der Waals surface area contributed by atoms with Crippen LogP contribution in [0.2, 0.25) is 0 Å². The Kier molecular flexibility index (Phi) is 5.04. The molecule has 1 heterocycles. The van der Waals surface area contributed by atoms with Crippen molar-refractivity contribution in [2.45, 2.75) is 58.4 Å². The van der Waals surface area contributed by atoms with Crippen LogP contribution >= 0.6 is 0 Å². The van der Waals surface area contributed by atoms with Crippen molar-refractivity contribution in [1.82, 2.24) is 5.32 Å². The first-order chi connectivity index (χ1) is 9.99. The summed E-state index contributed by atoms with van der Waals surface area (Å²) in [5.41, 5.74) is 1.06. The Morgan fingerprint density at radius 1 is 1.38 bits per heavy atom. The van der Waals surface area contributed by atoms with Crippen molar-refractivity contribution in [2.75, 3.05) is 0 Å². The van der Waals surface area contributed by atoms with Gasteiger partial charge in [0.05, 0.1) is 11.8 Å². The van der Waals surface area contributed by atoms with E-state index in [0.717, 1.165) is 12.8 Å². The van der Waals surface area contributed by atoms with Gasteiger partial charge in [-0.3, -0.25) is 9.59 Å². The van der Waals surface area contributed by atoms with E-state index in [1.807, 2.05) is 6.92 Å². The lowest BCUT2D eigenvalue weighted by Crippen LogP contribution is -2.39. The van der Waals surface area contributed by atoms with Crippen molar-refractivity contribution in [3.05, 3.63) is 23.2 Å². The van der Waals surface area contributed by atoms with E-state index in [9.17, 15) is 9.59 Å². The number of aliphatic carboxylic acids is 1. The summed E-state index contributed by atoms with van der Waals surface area (Å²) in [6, 6.07) is 0.102. The minimum atomic E-state index is -1.00. The van der Waals surface area contributed by atoms with Crippen LogP contribution in [-0.4, -0.2) is 23.0 Å². The number of carboxylic acid groups (broad SMARTS) is 1. The SMILES string of the molecule is Cc1coc(CC(=O)O)c1C(=O)NC(C)C1CCCCC1. The molecule has 1 aliphatic carbocycles. The zero-order valence-corrected chi connectivity index (χ0v) is 12.6. The molecule has 0 bridgehead atoms. The molecule has 5 nitrogen and oxygen atoms in total. The molecule has 1 aliphatic rings. The average molecular weight is 293 g/mol. The first-order valence-corrected chi connectivity index (χ1v) is 7.58. The van der Waals surface area contributed by atoms with Crippen LogP contribution in [0, 0.1) is 12.8 Å². The molecule has 5 heteroatoms. The molecule has 1 aromatic heterocycles. The fourth-order valence-corrected chi connectivity index (χ4v) is 3.10. The second-order valence-corrected chi connectivity index (χ2v) is 5.95. The van der Waals surface area contributed by atoms with Crippen LogP contribution in [0.4, 0.5) is 0 Å². The van der Waals surface area contributed by atoms with E-state index in [-0.39, 0.29) is 24.1 Å². The molecule has 0 aliphatic heterocycles. The fraction of sp³-hybridized carbons (Fsp3) is 0.625. The first-order valence-electron chi connectivity index (χ1n) is 7.58. The van der Waals surface area contributed by atoms with Gasteiger partial charge in [0.15, 0.2) is 0 Å². The molecule has 0 saturated heterocycles. The van der Waals surface area contributed by atoms with Crippen molar-refractivity contribution in [1.29, 1.82) is 0 Å². The summed E-state index contributed by atoms with van der Waals surface area (Å²) in [6.07, 6.45) is 7.19. The fourth-order valence-electron chi connectivity index (χ4n) is 3.10. The molecule has 2 rings (SSSR count). The molecule has 1 atom stereocenters. The predicted molar refractivity (Wildman–Crippen MR) is 78.3 cm³/mol. The Balaban J connectivity index is 2.05. The van der Waals surface area contributed by atoms with Crippen LogP contribution in [0.5, 0.6) is 0 Å². The second kappa shape index (κ2) is 6.78. The minimum absolute atomic E-state index is 0.102. The molecule has 1 unspecified atom stereocenters. The number of amides is 1. The number of carbonyl (C=O) groups excluding carboxylic acids is 1. The number of aryl methyl sites for hydroxylation is 1. The number of hydrogen-bond donors (Lipinski definition) is 2. The molecule has 1 fully saturated rings. The third-order valence-corrected chi connectivity index (χ3v) is 4.31. The zero-order chi connectivity index (χ0) is 15.4. The van der Waals surface area contributed by atoms with Crippen LogP contribution in [-0.2, 0) is 11.2 Å². The molecular formula is C16H23NO4. The number of furan rings is 1. The van der Waals surface area contributed by atoms with Crippen molar-refractivity contribution < 1.29 is 19.1 Å². The van der Waals surface area contributed by atoms with Gasteiger partial charge in [0.25, 0.3) is 5.91 Å². The monoisotopic (exact) mass is 293 g/mol. The van der Waals surface area contributed by atoms with Gasteiger partial charge in [0.2, 0.25) is 0 Å². The molecule has 0 radical (unpaired) electrons. The van der Waals surface area contributed by atoms with E-state index >= 15 is 0 Å². The Bertz CT molecular complexity index is 514. The van der Waals surface area contributed by atoms with E-state index in [2.05, 4.69) is 5.32 Å². The van der Waals surface area contributed by atoms with Gasteiger partial charge in [-0.25, -0.2) is 0 Å². The third kappa shape index (κ3) is 3.86. The van der Waals surface area contributed by atoms with E-state index in [1.54, 1.807) is 6.92 Å². The van der Waals surface area contributed by atoms with Gasteiger partial charge < -0.3 is 14.8 Å². The number of carboxylic acids is 1. The van der Waals surface area contributed by atoms with Crippen molar-refractivity contribution >= 4 is 11.9 Å². The minimum Gasteiger partial charge on any atom is -0.481 e. The predicted octanol–water partition coefficient (Wildman–Crippen LogP) is 2.91. The highest BCUT2D eigenvalue weighted by Crippen LogP contribution is 2.27. The average Bonchev–Trinajstić information content (AvgIpc) is 2.80. The summed E-state index contributed by atoms with van der Waals surface area (Å²) in [4.78, 5) is 23.2. The molecule has 2 N–H and O–H groups in total. The quantitative estimate of drug-likeness (QED) is 0.874. The van der Waals surface area contributed by atoms with E-state index in [1.165, 1.54) is 25.5 Å². The largest absolute Gasteiger partial charge is 0.481 e. The molecule has 0 spiro atoms. The Hall–Kier alpha value is -1.78. The van der Waals surface area contributed by atoms with Gasteiger partial charge in [0.1, 0.15) is 12.2 Å². The van der Waals surface area contributed by atoms with Gasteiger partial charge in [-0.15, -0.1) is 0 Å². The highest BCUT2D eigenvalue weighted by Gasteiger charge is 2.25. The topological polar surface area (TPSA) is 79.5 Å². The number of nitrogens with one attached hydrogen (secondary N) is 1. The van der Waals surface area contributed by atoms with Crippen LogP contribution in [0.25, 0.3) is 0 Å². The Morgan fingerprint density at radius 3 is 2.67 bits per heavy atom. The number of carbonyl (C=O) groups is 2. The first kappa shape index (κ1) is 15.6. The van der Waals surface area contributed by atoms with Crippen molar-refractivity contribution in [3.63, 3.8) is 0 Å². The van der Waals surface area contributed by atoms with Crippen LogP contribution < -0.4 is 5.32 Å². The third-order valence-electron chi connectivity index (χ3n) is 4.31. The maximum absolute atomic E-state index is 12.4. The van der Waals surface area contributed by atoms with Crippen molar-refractivity contribution in [2.24, 2.45) is 5.92 Å². The zero-order valence-electron chi connectivity index (χ0n) is 12.6. The van der Waals surface area contributed by atoms with Crippen LogP contribution in [0.3, 0.4) is 0 Å². The van der Waals surface area contributed by atoms with Crippen molar-refractivity contribution in [3.8, 4) is 0 Å². The molecule has 1 saturated carbocycles. The van der Waals surface area contributed by atoms with Crippen LogP contribution in [0.15, 0.2) is 10.7 Å². The molecular weight excluding hydrogens is 270 g/mol. The maximum atomic E-state index is 12.4. The molecule has 1 aromatic rings. The Morgan fingerprint density at radius 2 is 2.05 bits per heavy atom. The summed E-state index contributed by atoms with van der Waals surface area (Å²) in [7, 11) is 0. The lowest BCUT2D eigenvalue weighted by atomic mass is 9.84. The summed E-state index contributed by atoms with van der Waals surface area (Å²) < 4.78 is 5.21. The number of hydrogen-bond acceptors (Lipinski definition) is 3. The standard InChI is InChI=1S/C16H23NO4/c1-10-9-21-13(8-14(18)19)15(10)16(20)17-11(2)12-6-4-3-5-7-12/h9,11-12H,3-8H2,1-2H3,(H,17,20)(H,18,19). The summed E-state index contributed by atoms with van der Waals surface area (Å²) >= 11 is 0. The maximum Gasteiger partial charge on any atom is 0.311 e. The second-order valence-electron chi connectivity index (χ2n) is 5.95. The summed E-state index contributed by atoms with van der Waals surface area (Å²) in [5.74, 6) is -0.486. The van der Waals surface area contributed by atoms with Gasteiger partial charge >= 0.3 is 5.97 Å². The molecule has 116 valence electrons. The van der Waals surface area contributed by atoms with Gasteiger partial charge in [-0.1, -0.05) is 19.3 Å². The van der Waals surface area contributed by atoms with E-state index in [4.69, 9.17) is 9.52 Å². The van der Waals surface area contributed by atoms with Crippen LogP contribution in [0.1, 0.15) is 60.7 Å². The number of rotatable bonds is 5. The smallest absolute Gasteiger partial charge is 0.311 e. The highest BCUT2D eigenvalue weighted by atomic mass is 16.4. The van der Waals surface area contributed by atoms with E-state index < -0.39 is 5.97 Å². The van der Waals surface area contributed by atoms with Gasteiger partial charge in [-0.2, -0.15) is 0 Å². The molecule has 0 aromatic carbocycles.